The van der Waals surface area contributed by atoms with E-state index in [4.69, 9.17) is 4.74 Å². The molecule has 0 aliphatic heterocycles. The second kappa shape index (κ2) is 5.71. The Balaban J connectivity index is 1.59. The number of hydrogen-bond donors (Lipinski definition) is 1. The minimum absolute atomic E-state index is 0.317. The van der Waals surface area contributed by atoms with Gasteiger partial charge in [-0.3, -0.25) is 0 Å². The molecular weight excluding hydrogens is 214 g/mol. The lowest BCUT2D eigenvalue weighted by Gasteiger charge is -2.28. The highest BCUT2D eigenvalue weighted by atomic mass is 16.5. The highest BCUT2D eigenvalue weighted by molar-refractivity contribution is 5.67. The number of allylic oxidation sites excluding steroid dienone is 3. The molecule has 0 heterocycles. The summed E-state index contributed by atoms with van der Waals surface area (Å²) in [6.07, 6.45) is 10.1. The predicted octanol–water partition coefficient (Wildman–Crippen LogP) is 2.96. The van der Waals surface area contributed by atoms with E-state index in [1.165, 1.54) is 5.57 Å². The Bertz CT molecular complexity index is 360. The van der Waals surface area contributed by atoms with Gasteiger partial charge in [-0.25, -0.2) is 4.79 Å². The van der Waals surface area contributed by atoms with Crippen molar-refractivity contribution >= 4 is 6.09 Å². The average molecular weight is 233 g/mol. The van der Waals surface area contributed by atoms with Gasteiger partial charge in [0.15, 0.2) is 0 Å². The van der Waals surface area contributed by atoms with Gasteiger partial charge in [0.2, 0.25) is 0 Å². The lowest BCUT2D eigenvalue weighted by atomic mass is 9.81. The van der Waals surface area contributed by atoms with Crippen molar-refractivity contribution in [1.29, 1.82) is 0 Å². The SMILES string of the molecule is C=C1CC(CNC(=O)OCC2=CCCC=C2)C1. The highest BCUT2D eigenvalue weighted by Crippen LogP contribution is 2.30. The maximum atomic E-state index is 11.4. The summed E-state index contributed by atoms with van der Waals surface area (Å²) >= 11 is 0. The van der Waals surface area contributed by atoms with Gasteiger partial charge in [0.1, 0.15) is 6.61 Å². The van der Waals surface area contributed by atoms with Crippen LogP contribution in [0, 0.1) is 5.92 Å². The molecule has 0 aromatic rings. The molecule has 92 valence electrons. The standard InChI is InChI=1S/C14H19NO2/c1-11-7-13(8-11)9-15-14(16)17-10-12-5-3-2-4-6-12/h3,5-6,13H,1-2,4,7-10H2,(H,15,16). The fourth-order valence-corrected chi connectivity index (χ4v) is 2.10. The maximum Gasteiger partial charge on any atom is 0.407 e. The molecular formula is C14H19NO2. The monoisotopic (exact) mass is 233 g/mol. The Kier molecular flexibility index (Phi) is 4.02. The van der Waals surface area contributed by atoms with E-state index in [-0.39, 0.29) is 6.09 Å². The van der Waals surface area contributed by atoms with Gasteiger partial charge in [0, 0.05) is 6.54 Å². The van der Waals surface area contributed by atoms with Crippen molar-refractivity contribution in [1.82, 2.24) is 5.32 Å². The first kappa shape index (κ1) is 12.0. The van der Waals surface area contributed by atoms with Gasteiger partial charge >= 0.3 is 6.09 Å². The quantitative estimate of drug-likeness (QED) is 0.758. The van der Waals surface area contributed by atoms with Gasteiger partial charge < -0.3 is 10.1 Å². The molecule has 1 amide bonds. The summed E-state index contributed by atoms with van der Waals surface area (Å²) in [7, 11) is 0. The molecule has 0 radical (unpaired) electrons. The molecule has 1 saturated carbocycles. The van der Waals surface area contributed by atoms with Gasteiger partial charge in [-0.15, -0.1) is 0 Å². The van der Waals surface area contributed by atoms with E-state index in [2.05, 4.69) is 24.0 Å². The van der Waals surface area contributed by atoms with Crippen LogP contribution in [0.5, 0.6) is 0 Å². The molecule has 17 heavy (non-hydrogen) atoms. The van der Waals surface area contributed by atoms with Gasteiger partial charge in [0.25, 0.3) is 0 Å². The summed E-state index contributed by atoms with van der Waals surface area (Å²) in [4.78, 5) is 11.4. The average Bonchev–Trinajstić information content (AvgIpc) is 2.32. The summed E-state index contributed by atoms with van der Waals surface area (Å²) in [5.41, 5.74) is 2.37. The second-order valence-corrected chi connectivity index (χ2v) is 4.74. The molecule has 2 aliphatic carbocycles. The Labute approximate surface area is 102 Å². The van der Waals surface area contributed by atoms with Gasteiger partial charge in [0.05, 0.1) is 0 Å². The molecule has 0 spiro atoms. The molecule has 0 aromatic carbocycles. The first-order valence-corrected chi connectivity index (χ1v) is 6.17. The normalized spacial score (nSPS) is 19.5. The van der Waals surface area contributed by atoms with Crippen molar-refractivity contribution in [2.24, 2.45) is 5.92 Å². The minimum Gasteiger partial charge on any atom is -0.445 e. The van der Waals surface area contributed by atoms with Crippen molar-refractivity contribution < 1.29 is 9.53 Å². The fraction of sp³-hybridized carbons (Fsp3) is 0.500. The van der Waals surface area contributed by atoms with Crippen LogP contribution in [0.1, 0.15) is 25.7 Å². The van der Waals surface area contributed by atoms with Crippen LogP contribution < -0.4 is 5.32 Å². The Morgan fingerprint density at radius 1 is 1.47 bits per heavy atom. The number of amides is 1. The molecule has 2 rings (SSSR count). The topological polar surface area (TPSA) is 38.3 Å². The summed E-state index contributed by atoms with van der Waals surface area (Å²) < 4.78 is 5.14. The van der Waals surface area contributed by atoms with E-state index in [1.807, 2.05) is 6.08 Å². The maximum absolute atomic E-state index is 11.4. The van der Waals surface area contributed by atoms with Crippen LogP contribution in [-0.2, 0) is 4.74 Å². The molecule has 1 N–H and O–H groups in total. The number of rotatable bonds is 4. The predicted molar refractivity (Wildman–Crippen MR) is 67.7 cm³/mol. The number of alkyl carbamates (subject to hydrolysis) is 1. The van der Waals surface area contributed by atoms with E-state index in [0.717, 1.165) is 31.3 Å². The lowest BCUT2D eigenvalue weighted by molar-refractivity contribution is 0.153. The largest absolute Gasteiger partial charge is 0.445 e. The Morgan fingerprint density at radius 3 is 2.94 bits per heavy atom. The number of ether oxygens (including phenoxy) is 1. The van der Waals surface area contributed by atoms with Gasteiger partial charge in [-0.05, 0) is 37.2 Å². The van der Waals surface area contributed by atoms with Crippen LogP contribution in [0.4, 0.5) is 4.79 Å². The van der Waals surface area contributed by atoms with E-state index in [0.29, 0.717) is 19.1 Å². The first-order chi connectivity index (χ1) is 8.24. The van der Waals surface area contributed by atoms with Gasteiger partial charge in [-0.2, -0.15) is 0 Å². The van der Waals surface area contributed by atoms with E-state index in [9.17, 15) is 4.79 Å². The van der Waals surface area contributed by atoms with Crippen molar-refractivity contribution in [3.63, 3.8) is 0 Å². The molecule has 0 bridgehead atoms. The van der Waals surface area contributed by atoms with Crippen LogP contribution >= 0.6 is 0 Å². The van der Waals surface area contributed by atoms with Crippen molar-refractivity contribution in [3.05, 3.63) is 36.0 Å². The molecule has 0 atom stereocenters. The Hall–Kier alpha value is -1.51. The summed E-state index contributed by atoms with van der Waals surface area (Å²) in [5.74, 6) is 0.559. The van der Waals surface area contributed by atoms with Gasteiger partial charge in [-0.1, -0.05) is 30.4 Å². The third-order valence-electron chi connectivity index (χ3n) is 3.13. The first-order valence-electron chi connectivity index (χ1n) is 6.17. The van der Waals surface area contributed by atoms with Crippen LogP contribution in [0.2, 0.25) is 0 Å². The molecule has 0 aromatic heterocycles. The van der Waals surface area contributed by atoms with Crippen molar-refractivity contribution in [2.75, 3.05) is 13.2 Å². The summed E-state index contributed by atoms with van der Waals surface area (Å²) in [5, 5.41) is 2.79. The number of carbonyl (C=O) groups excluding carboxylic acids is 1. The second-order valence-electron chi connectivity index (χ2n) is 4.74. The Morgan fingerprint density at radius 2 is 2.29 bits per heavy atom. The molecule has 0 saturated heterocycles. The lowest BCUT2D eigenvalue weighted by Crippen LogP contribution is -2.33. The molecule has 0 unspecified atom stereocenters. The fourth-order valence-electron chi connectivity index (χ4n) is 2.10. The smallest absolute Gasteiger partial charge is 0.407 e. The van der Waals surface area contributed by atoms with Crippen LogP contribution in [-0.4, -0.2) is 19.2 Å². The molecule has 1 fully saturated rings. The van der Waals surface area contributed by atoms with Crippen molar-refractivity contribution in [2.45, 2.75) is 25.7 Å². The number of nitrogens with one attached hydrogen (secondary N) is 1. The molecule has 3 heteroatoms. The zero-order valence-corrected chi connectivity index (χ0v) is 10.1. The molecule has 3 nitrogen and oxygen atoms in total. The van der Waals surface area contributed by atoms with Crippen LogP contribution in [0.3, 0.4) is 0 Å². The highest BCUT2D eigenvalue weighted by Gasteiger charge is 2.21. The third-order valence-corrected chi connectivity index (χ3v) is 3.13. The number of hydrogen-bond acceptors (Lipinski definition) is 2. The van der Waals surface area contributed by atoms with E-state index in [1.54, 1.807) is 0 Å². The summed E-state index contributed by atoms with van der Waals surface area (Å²) in [6.45, 7) is 4.95. The minimum atomic E-state index is -0.317. The van der Waals surface area contributed by atoms with Crippen molar-refractivity contribution in [3.8, 4) is 0 Å². The molecule has 2 aliphatic rings. The zero-order valence-electron chi connectivity index (χ0n) is 10.1. The number of carbonyl (C=O) groups is 1. The van der Waals surface area contributed by atoms with Crippen LogP contribution in [0.25, 0.3) is 0 Å². The van der Waals surface area contributed by atoms with E-state index >= 15 is 0 Å². The van der Waals surface area contributed by atoms with Crippen LogP contribution in [0.15, 0.2) is 36.0 Å². The van der Waals surface area contributed by atoms with E-state index < -0.39 is 0 Å². The summed E-state index contributed by atoms with van der Waals surface area (Å²) in [6, 6.07) is 0. The zero-order chi connectivity index (χ0) is 12.1. The third kappa shape index (κ3) is 3.77.